The van der Waals surface area contributed by atoms with Crippen molar-refractivity contribution in [2.75, 3.05) is 25.0 Å². The molecule has 5 heteroatoms. The summed E-state index contributed by atoms with van der Waals surface area (Å²) in [6.07, 6.45) is 5.44. The van der Waals surface area contributed by atoms with Crippen LogP contribution in [0.3, 0.4) is 0 Å². The molecule has 1 aliphatic carbocycles. The quantitative estimate of drug-likeness (QED) is 0.687. The van der Waals surface area contributed by atoms with Gasteiger partial charge in [0.25, 0.3) is 5.91 Å². The average molecular weight is 313 g/mol. The van der Waals surface area contributed by atoms with Crippen LogP contribution in [0.15, 0.2) is 49.6 Å². The highest BCUT2D eigenvalue weighted by molar-refractivity contribution is 6.00. The van der Waals surface area contributed by atoms with Gasteiger partial charge in [0.2, 0.25) is 5.91 Å². The van der Waals surface area contributed by atoms with Crippen LogP contribution in [0, 0.1) is 0 Å². The summed E-state index contributed by atoms with van der Waals surface area (Å²) in [5.41, 5.74) is 1.22. The molecule has 1 aromatic rings. The Kier molecular flexibility index (Phi) is 5.97. The third-order valence-electron chi connectivity index (χ3n) is 3.57. The molecule has 0 saturated heterocycles. The predicted molar refractivity (Wildman–Crippen MR) is 92.4 cm³/mol. The molecule has 0 bridgehead atoms. The van der Waals surface area contributed by atoms with Gasteiger partial charge in [-0.3, -0.25) is 9.59 Å². The summed E-state index contributed by atoms with van der Waals surface area (Å²) in [4.78, 5) is 26.1. The number of rotatable bonds is 9. The maximum Gasteiger partial charge on any atom is 0.253 e. The Labute approximate surface area is 137 Å². The molecule has 0 spiro atoms. The molecule has 2 N–H and O–H groups in total. The van der Waals surface area contributed by atoms with Crippen LogP contribution in [0.5, 0.6) is 0 Å². The highest BCUT2D eigenvalue weighted by Crippen LogP contribution is 2.21. The van der Waals surface area contributed by atoms with Gasteiger partial charge in [0.15, 0.2) is 0 Å². The Hall–Kier alpha value is -2.56. The van der Waals surface area contributed by atoms with Gasteiger partial charge in [0, 0.05) is 24.8 Å². The van der Waals surface area contributed by atoms with E-state index in [0.29, 0.717) is 30.4 Å². The highest BCUT2D eigenvalue weighted by atomic mass is 16.2. The van der Waals surface area contributed by atoms with Gasteiger partial charge in [0.1, 0.15) is 0 Å². The molecule has 2 amide bonds. The van der Waals surface area contributed by atoms with Crippen molar-refractivity contribution in [3.05, 3.63) is 55.1 Å². The van der Waals surface area contributed by atoms with Crippen LogP contribution in [0.2, 0.25) is 0 Å². The summed E-state index contributed by atoms with van der Waals surface area (Å²) in [7, 11) is 0. The lowest BCUT2D eigenvalue weighted by Gasteiger charge is -2.20. The SMILES string of the molecule is C=CCN(CC=C)C(=O)CNc1ccccc1C(=O)NC1CC1. The number of hydrogen-bond acceptors (Lipinski definition) is 3. The van der Waals surface area contributed by atoms with E-state index in [1.54, 1.807) is 29.2 Å². The van der Waals surface area contributed by atoms with E-state index in [0.717, 1.165) is 12.8 Å². The molecule has 0 unspecified atom stereocenters. The molecule has 23 heavy (non-hydrogen) atoms. The number of hydrogen-bond donors (Lipinski definition) is 2. The summed E-state index contributed by atoms with van der Waals surface area (Å²) in [6, 6.07) is 7.52. The largest absolute Gasteiger partial charge is 0.376 e. The second-order valence-electron chi connectivity index (χ2n) is 5.52. The third-order valence-corrected chi connectivity index (χ3v) is 3.57. The van der Waals surface area contributed by atoms with Crippen molar-refractivity contribution in [3.63, 3.8) is 0 Å². The smallest absolute Gasteiger partial charge is 0.253 e. The van der Waals surface area contributed by atoms with Gasteiger partial charge < -0.3 is 15.5 Å². The lowest BCUT2D eigenvalue weighted by Crippen LogP contribution is -2.36. The lowest BCUT2D eigenvalue weighted by molar-refractivity contribution is -0.128. The minimum Gasteiger partial charge on any atom is -0.376 e. The Morgan fingerprint density at radius 3 is 2.43 bits per heavy atom. The number of para-hydroxylation sites is 1. The molecule has 1 fully saturated rings. The number of nitrogens with zero attached hydrogens (tertiary/aromatic N) is 1. The van der Waals surface area contributed by atoms with E-state index in [9.17, 15) is 9.59 Å². The summed E-state index contributed by atoms with van der Waals surface area (Å²) >= 11 is 0. The van der Waals surface area contributed by atoms with Crippen LogP contribution in [0.25, 0.3) is 0 Å². The normalized spacial score (nSPS) is 13.0. The number of carbonyl (C=O) groups is 2. The van der Waals surface area contributed by atoms with Crippen LogP contribution >= 0.6 is 0 Å². The van der Waals surface area contributed by atoms with E-state index < -0.39 is 0 Å². The van der Waals surface area contributed by atoms with Gasteiger partial charge in [-0.15, -0.1) is 13.2 Å². The monoisotopic (exact) mass is 313 g/mol. The summed E-state index contributed by atoms with van der Waals surface area (Å²) in [5, 5.41) is 6.02. The number of amides is 2. The van der Waals surface area contributed by atoms with Crippen molar-refractivity contribution in [2.45, 2.75) is 18.9 Å². The molecule has 0 heterocycles. The zero-order valence-electron chi connectivity index (χ0n) is 13.3. The zero-order valence-corrected chi connectivity index (χ0v) is 13.3. The average Bonchev–Trinajstić information content (AvgIpc) is 3.36. The number of carbonyl (C=O) groups excluding carboxylic acids is 2. The molecule has 1 saturated carbocycles. The first-order valence-electron chi connectivity index (χ1n) is 7.79. The topological polar surface area (TPSA) is 61.4 Å². The van der Waals surface area contributed by atoms with Gasteiger partial charge in [-0.2, -0.15) is 0 Å². The molecule has 5 nitrogen and oxygen atoms in total. The van der Waals surface area contributed by atoms with Crippen molar-refractivity contribution in [3.8, 4) is 0 Å². The summed E-state index contributed by atoms with van der Waals surface area (Å²) in [5.74, 6) is -0.167. The van der Waals surface area contributed by atoms with Crippen molar-refractivity contribution in [1.82, 2.24) is 10.2 Å². The lowest BCUT2D eigenvalue weighted by atomic mass is 10.1. The van der Waals surface area contributed by atoms with Gasteiger partial charge in [-0.25, -0.2) is 0 Å². The zero-order chi connectivity index (χ0) is 16.7. The Balaban J connectivity index is 1.98. The van der Waals surface area contributed by atoms with Crippen molar-refractivity contribution in [1.29, 1.82) is 0 Å². The van der Waals surface area contributed by atoms with Gasteiger partial charge in [0.05, 0.1) is 12.1 Å². The molecule has 122 valence electrons. The number of nitrogens with one attached hydrogen (secondary N) is 2. The van der Waals surface area contributed by atoms with E-state index in [1.807, 2.05) is 12.1 Å². The molecular formula is C18H23N3O2. The highest BCUT2D eigenvalue weighted by Gasteiger charge is 2.24. The number of benzene rings is 1. The van der Waals surface area contributed by atoms with E-state index in [2.05, 4.69) is 23.8 Å². The third kappa shape index (κ3) is 4.98. The van der Waals surface area contributed by atoms with Crippen LogP contribution in [-0.4, -0.2) is 42.4 Å². The Morgan fingerprint density at radius 2 is 1.83 bits per heavy atom. The maximum absolute atomic E-state index is 12.2. The van der Waals surface area contributed by atoms with E-state index >= 15 is 0 Å². The van der Waals surface area contributed by atoms with E-state index in [-0.39, 0.29) is 18.4 Å². The summed E-state index contributed by atoms with van der Waals surface area (Å²) in [6.45, 7) is 8.36. The van der Waals surface area contributed by atoms with Crippen molar-refractivity contribution in [2.24, 2.45) is 0 Å². The molecular weight excluding hydrogens is 290 g/mol. The van der Waals surface area contributed by atoms with Crippen molar-refractivity contribution < 1.29 is 9.59 Å². The first-order chi connectivity index (χ1) is 11.2. The van der Waals surface area contributed by atoms with Crippen molar-refractivity contribution >= 4 is 17.5 Å². The fraction of sp³-hybridized carbons (Fsp3) is 0.333. The van der Waals surface area contributed by atoms with E-state index in [4.69, 9.17) is 0 Å². The molecule has 1 aromatic carbocycles. The maximum atomic E-state index is 12.2. The number of anilines is 1. The van der Waals surface area contributed by atoms with Gasteiger partial charge in [-0.05, 0) is 25.0 Å². The molecule has 0 aromatic heterocycles. The second-order valence-corrected chi connectivity index (χ2v) is 5.52. The van der Waals surface area contributed by atoms with Crippen LogP contribution in [0.1, 0.15) is 23.2 Å². The molecule has 1 aliphatic rings. The molecule has 0 atom stereocenters. The molecule has 2 rings (SSSR count). The molecule has 0 aliphatic heterocycles. The summed E-state index contributed by atoms with van der Waals surface area (Å²) < 4.78 is 0. The predicted octanol–water partition coefficient (Wildman–Crippen LogP) is 2.19. The van der Waals surface area contributed by atoms with Crippen LogP contribution in [-0.2, 0) is 4.79 Å². The Bertz CT molecular complexity index is 584. The first-order valence-corrected chi connectivity index (χ1v) is 7.79. The minimum atomic E-state index is -0.0999. The Morgan fingerprint density at radius 1 is 1.17 bits per heavy atom. The minimum absolute atomic E-state index is 0.0674. The standard InChI is InChI=1S/C18H23N3O2/c1-3-11-21(12-4-2)17(22)13-19-16-8-6-5-7-15(16)18(23)20-14-9-10-14/h3-8,14,19H,1-2,9-13H2,(H,20,23). The second kappa shape index (κ2) is 8.17. The van der Waals surface area contributed by atoms with Crippen LogP contribution in [0.4, 0.5) is 5.69 Å². The fourth-order valence-electron chi connectivity index (χ4n) is 2.20. The van der Waals surface area contributed by atoms with Gasteiger partial charge in [-0.1, -0.05) is 24.3 Å². The van der Waals surface area contributed by atoms with Gasteiger partial charge >= 0.3 is 0 Å². The molecule has 0 radical (unpaired) electrons. The fourth-order valence-corrected chi connectivity index (χ4v) is 2.20. The van der Waals surface area contributed by atoms with Crippen LogP contribution < -0.4 is 10.6 Å². The first kappa shape index (κ1) is 16.8. The van der Waals surface area contributed by atoms with E-state index in [1.165, 1.54) is 0 Å².